The molecule has 12 heteroatoms. The number of nitrogens with one attached hydrogen (secondary N) is 1. The molecule has 1 saturated carbocycles. The molecule has 4 rings (SSSR count). The molecule has 1 aliphatic rings. The van der Waals surface area contributed by atoms with Gasteiger partial charge < -0.3 is 15.3 Å². The lowest BCUT2D eigenvalue weighted by molar-refractivity contribution is -0.138. The molecule has 0 spiro atoms. The van der Waals surface area contributed by atoms with Gasteiger partial charge in [-0.1, -0.05) is 37.8 Å². The van der Waals surface area contributed by atoms with Gasteiger partial charge in [0.05, 0.1) is 28.7 Å². The minimum Gasteiger partial charge on any atom is -0.481 e. The molecule has 2 aromatic heterocycles. The van der Waals surface area contributed by atoms with E-state index < -0.39 is 17.7 Å². The third-order valence-corrected chi connectivity index (χ3v) is 7.72. The van der Waals surface area contributed by atoms with Crippen molar-refractivity contribution >= 4 is 29.2 Å². The van der Waals surface area contributed by atoms with E-state index in [2.05, 4.69) is 15.4 Å². The maximum absolute atomic E-state index is 13.1. The fraction of sp³-hybridized carbons (Fsp3) is 0.448. The van der Waals surface area contributed by atoms with Gasteiger partial charge in [0.1, 0.15) is 0 Å². The molecule has 0 radical (unpaired) electrons. The average Bonchev–Trinajstić information content (AvgIpc) is 3.38. The van der Waals surface area contributed by atoms with Crippen molar-refractivity contribution in [2.24, 2.45) is 5.92 Å². The van der Waals surface area contributed by atoms with Crippen LogP contribution < -0.4 is 5.32 Å². The largest absolute Gasteiger partial charge is 0.481 e. The number of benzene rings is 1. The number of aliphatic carboxylic acids is 1. The fourth-order valence-corrected chi connectivity index (χ4v) is 5.46. The Morgan fingerprint density at radius 2 is 1.88 bits per heavy atom. The maximum atomic E-state index is 13.1. The van der Waals surface area contributed by atoms with Crippen LogP contribution in [0.4, 0.5) is 18.9 Å². The number of carbonyl (C=O) groups excluding carboxylic acids is 1. The molecule has 41 heavy (non-hydrogen) atoms. The number of nitrogens with zero attached hydrogens (tertiary/aromatic N) is 4. The first-order valence-electron chi connectivity index (χ1n) is 13.6. The Balaban J connectivity index is 1.62. The maximum Gasteiger partial charge on any atom is 0.417 e. The van der Waals surface area contributed by atoms with Crippen LogP contribution in [0.2, 0.25) is 5.02 Å². The number of anilines is 1. The first kappa shape index (κ1) is 30.4. The van der Waals surface area contributed by atoms with Crippen molar-refractivity contribution in [3.8, 4) is 5.82 Å². The molecule has 220 valence electrons. The highest BCUT2D eigenvalue weighted by Crippen LogP contribution is 2.39. The summed E-state index contributed by atoms with van der Waals surface area (Å²) >= 11 is 6.23. The molecule has 1 amide bonds. The summed E-state index contributed by atoms with van der Waals surface area (Å²) in [6, 6.07) is 7.77. The zero-order valence-corrected chi connectivity index (χ0v) is 23.7. The third kappa shape index (κ3) is 7.38. The van der Waals surface area contributed by atoms with Crippen LogP contribution in [0.1, 0.15) is 78.7 Å². The van der Waals surface area contributed by atoms with E-state index in [1.165, 1.54) is 16.0 Å². The zero-order chi connectivity index (χ0) is 29.7. The van der Waals surface area contributed by atoms with Gasteiger partial charge in [0.2, 0.25) is 0 Å². The Morgan fingerprint density at radius 1 is 1.20 bits per heavy atom. The Bertz CT molecular complexity index is 1370. The second-order valence-electron chi connectivity index (χ2n) is 10.3. The van der Waals surface area contributed by atoms with Crippen molar-refractivity contribution in [1.82, 2.24) is 19.7 Å². The molecule has 1 unspecified atom stereocenters. The Hall–Kier alpha value is -3.60. The van der Waals surface area contributed by atoms with Crippen molar-refractivity contribution in [2.75, 3.05) is 18.9 Å². The van der Waals surface area contributed by atoms with E-state index in [4.69, 9.17) is 16.7 Å². The minimum atomic E-state index is -4.55. The average molecular weight is 592 g/mol. The summed E-state index contributed by atoms with van der Waals surface area (Å²) in [7, 11) is 1.57. The van der Waals surface area contributed by atoms with E-state index in [0.29, 0.717) is 17.9 Å². The number of rotatable bonds is 10. The fourth-order valence-electron chi connectivity index (χ4n) is 5.21. The Kier molecular flexibility index (Phi) is 9.57. The minimum absolute atomic E-state index is 0.111. The summed E-state index contributed by atoms with van der Waals surface area (Å²) in [6.07, 6.45) is 3.85. The quantitative estimate of drug-likeness (QED) is 0.269. The van der Waals surface area contributed by atoms with Crippen LogP contribution in [0.15, 0.2) is 42.7 Å². The molecule has 2 N–H and O–H groups in total. The summed E-state index contributed by atoms with van der Waals surface area (Å²) in [6.45, 7) is 2.08. The van der Waals surface area contributed by atoms with E-state index in [0.717, 1.165) is 54.9 Å². The molecule has 3 aromatic rings. The van der Waals surface area contributed by atoms with Gasteiger partial charge in [0, 0.05) is 42.8 Å². The van der Waals surface area contributed by atoms with Gasteiger partial charge in [-0.2, -0.15) is 18.3 Å². The van der Waals surface area contributed by atoms with E-state index in [-0.39, 0.29) is 35.8 Å². The van der Waals surface area contributed by atoms with Crippen LogP contribution in [0.5, 0.6) is 0 Å². The molecule has 1 aromatic carbocycles. The number of hydrogen-bond acceptors (Lipinski definition) is 5. The number of alkyl halides is 3. The van der Waals surface area contributed by atoms with Crippen LogP contribution in [0.25, 0.3) is 5.82 Å². The number of carboxylic acid groups (broad SMARTS) is 1. The lowest BCUT2D eigenvalue weighted by atomic mass is 9.81. The smallest absolute Gasteiger partial charge is 0.417 e. The number of carbonyl (C=O) groups is 2. The summed E-state index contributed by atoms with van der Waals surface area (Å²) in [5.41, 5.74) is 2.03. The van der Waals surface area contributed by atoms with E-state index >= 15 is 0 Å². The van der Waals surface area contributed by atoms with Gasteiger partial charge in [-0.05, 0) is 55.5 Å². The van der Waals surface area contributed by atoms with Crippen LogP contribution in [0, 0.1) is 5.92 Å². The van der Waals surface area contributed by atoms with Gasteiger partial charge in [-0.15, -0.1) is 0 Å². The number of aromatic nitrogens is 3. The van der Waals surface area contributed by atoms with E-state index in [9.17, 15) is 22.8 Å². The van der Waals surface area contributed by atoms with Crippen LogP contribution in [0.3, 0.4) is 0 Å². The number of pyridine rings is 1. The highest BCUT2D eigenvalue weighted by atomic mass is 35.5. The third-order valence-electron chi connectivity index (χ3n) is 7.44. The van der Waals surface area contributed by atoms with Gasteiger partial charge >= 0.3 is 12.1 Å². The summed E-state index contributed by atoms with van der Waals surface area (Å²) in [4.78, 5) is 28.9. The molecular formula is C29H33ClF3N5O3. The number of carboxylic acids is 1. The molecule has 0 bridgehead atoms. The van der Waals surface area contributed by atoms with E-state index in [1.807, 2.05) is 19.1 Å². The van der Waals surface area contributed by atoms with Crippen molar-refractivity contribution in [2.45, 2.75) is 64.1 Å². The van der Waals surface area contributed by atoms with Crippen LogP contribution in [-0.2, 0) is 17.4 Å². The molecule has 2 heterocycles. The number of halogens is 4. The second-order valence-corrected chi connectivity index (χ2v) is 10.7. The Morgan fingerprint density at radius 3 is 2.46 bits per heavy atom. The molecule has 0 aliphatic heterocycles. The van der Waals surface area contributed by atoms with Crippen molar-refractivity contribution in [1.29, 1.82) is 0 Å². The lowest BCUT2D eigenvalue weighted by Crippen LogP contribution is -2.29. The number of aryl methyl sites for hydroxylation is 1. The van der Waals surface area contributed by atoms with Gasteiger partial charge in [0.25, 0.3) is 5.91 Å². The van der Waals surface area contributed by atoms with Gasteiger partial charge in [-0.3, -0.25) is 9.59 Å². The first-order chi connectivity index (χ1) is 19.5. The normalized spacial score (nSPS) is 15.0. The highest BCUT2D eigenvalue weighted by molar-refractivity contribution is 6.32. The Labute approximate surface area is 241 Å². The van der Waals surface area contributed by atoms with Gasteiger partial charge in [0.15, 0.2) is 5.82 Å². The molecule has 1 atom stereocenters. The molecule has 1 aliphatic carbocycles. The van der Waals surface area contributed by atoms with Crippen molar-refractivity contribution in [3.05, 3.63) is 70.1 Å². The standard InChI is InChI=1S/C29H33ClF3N5O3/c1-3-24-22(17-38(36-24)27-23(30)15-20(16-34-27)29(31,32)33)26(18-7-5-4-6-8-18)35-21-11-9-19(10-12-21)28(41)37(2)14-13-25(39)40/h9-12,15-18,26,35H,3-8,13-14H2,1-2H3,(H,39,40). The summed E-state index contributed by atoms with van der Waals surface area (Å²) < 4.78 is 40.9. The van der Waals surface area contributed by atoms with Gasteiger partial charge in [-0.25, -0.2) is 9.67 Å². The van der Waals surface area contributed by atoms with Crippen molar-refractivity contribution in [3.63, 3.8) is 0 Å². The van der Waals surface area contributed by atoms with E-state index in [1.54, 1.807) is 25.4 Å². The lowest BCUT2D eigenvalue weighted by Gasteiger charge is -2.32. The predicted molar refractivity (Wildman–Crippen MR) is 149 cm³/mol. The summed E-state index contributed by atoms with van der Waals surface area (Å²) in [5.74, 6) is -0.815. The highest BCUT2D eigenvalue weighted by Gasteiger charge is 2.33. The number of hydrogen-bond donors (Lipinski definition) is 2. The summed E-state index contributed by atoms with van der Waals surface area (Å²) in [5, 5.41) is 17.0. The molecule has 1 fully saturated rings. The topological polar surface area (TPSA) is 100 Å². The number of amides is 1. The molecule has 0 saturated heterocycles. The first-order valence-corrected chi connectivity index (χ1v) is 14.0. The predicted octanol–water partition coefficient (Wildman–Crippen LogP) is 6.78. The second kappa shape index (κ2) is 12.9. The van der Waals surface area contributed by atoms with Crippen LogP contribution in [-0.4, -0.2) is 50.2 Å². The van der Waals surface area contributed by atoms with Crippen LogP contribution >= 0.6 is 11.6 Å². The molecule has 8 nitrogen and oxygen atoms in total. The monoisotopic (exact) mass is 591 g/mol. The molecular weight excluding hydrogens is 559 g/mol. The SMILES string of the molecule is CCc1nn(-c2ncc(C(F)(F)F)cc2Cl)cc1C(Nc1ccc(C(=O)N(C)CCC(=O)O)cc1)C1CCCCC1. The zero-order valence-electron chi connectivity index (χ0n) is 22.9. The van der Waals surface area contributed by atoms with Crippen molar-refractivity contribution < 1.29 is 27.9 Å².